The molecule has 3 N–H and O–H groups in total. The Labute approximate surface area is 134 Å². The molecule has 1 aromatic rings. The molecule has 1 fully saturated rings. The number of ether oxygens (including phenoxy) is 1. The van der Waals surface area contributed by atoms with Gasteiger partial charge in [-0.15, -0.1) is 0 Å². The van der Waals surface area contributed by atoms with Crippen molar-refractivity contribution in [2.24, 2.45) is 0 Å². The highest BCUT2D eigenvalue weighted by molar-refractivity contribution is 7.80. The molecular weight excluding hydrogens is 310 g/mol. The standard InChI is InChI=1S/C14H18ClN3O2S/c15-12-4-2-1-3-11(12)13(19)17-14(21)16-5-6-18-7-9-20-10-8-18/h1-4H,5-10H2,(H2,16,17,19,21)/p+1. The maximum Gasteiger partial charge on any atom is 0.258 e. The number of thiocarbonyl (C=S) groups is 1. The minimum Gasteiger partial charge on any atom is -0.370 e. The van der Waals surface area contributed by atoms with E-state index < -0.39 is 0 Å². The van der Waals surface area contributed by atoms with E-state index in [4.69, 9.17) is 28.6 Å². The lowest BCUT2D eigenvalue weighted by Gasteiger charge is -2.23. The van der Waals surface area contributed by atoms with Crippen LogP contribution in [0.1, 0.15) is 10.4 Å². The van der Waals surface area contributed by atoms with Crippen LogP contribution in [0.15, 0.2) is 24.3 Å². The molecule has 1 saturated heterocycles. The lowest BCUT2D eigenvalue weighted by Crippen LogP contribution is -3.14. The van der Waals surface area contributed by atoms with Crippen molar-refractivity contribution in [1.29, 1.82) is 0 Å². The van der Waals surface area contributed by atoms with Gasteiger partial charge in [-0.2, -0.15) is 0 Å². The third kappa shape index (κ3) is 5.24. The summed E-state index contributed by atoms with van der Waals surface area (Å²) >= 11 is 11.1. The van der Waals surface area contributed by atoms with E-state index in [1.807, 2.05) is 0 Å². The van der Waals surface area contributed by atoms with Crippen LogP contribution in [-0.4, -0.2) is 50.4 Å². The highest BCUT2D eigenvalue weighted by Crippen LogP contribution is 2.14. The molecule has 0 saturated carbocycles. The lowest BCUT2D eigenvalue weighted by molar-refractivity contribution is -0.906. The average molecular weight is 329 g/mol. The molecule has 114 valence electrons. The summed E-state index contributed by atoms with van der Waals surface area (Å²) in [4.78, 5) is 13.5. The Kier molecular flexibility index (Phi) is 6.38. The summed E-state index contributed by atoms with van der Waals surface area (Å²) in [6, 6.07) is 6.88. The second-order valence-electron chi connectivity index (χ2n) is 4.80. The molecule has 2 rings (SSSR count). The maximum absolute atomic E-state index is 12.0. The van der Waals surface area contributed by atoms with E-state index in [-0.39, 0.29) is 5.91 Å². The van der Waals surface area contributed by atoms with Crippen LogP contribution >= 0.6 is 23.8 Å². The molecule has 7 heteroatoms. The molecule has 21 heavy (non-hydrogen) atoms. The van der Waals surface area contributed by atoms with Crippen molar-refractivity contribution >= 4 is 34.8 Å². The van der Waals surface area contributed by atoms with E-state index >= 15 is 0 Å². The summed E-state index contributed by atoms with van der Waals surface area (Å²) in [6.45, 7) is 5.31. The number of benzene rings is 1. The number of hydrogen-bond donors (Lipinski definition) is 3. The first-order valence-electron chi connectivity index (χ1n) is 6.92. The molecule has 0 bridgehead atoms. The molecule has 1 heterocycles. The number of amides is 1. The molecule has 0 unspecified atom stereocenters. The van der Waals surface area contributed by atoms with Crippen molar-refractivity contribution in [3.05, 3.63) is 34.9 Å². The molecule has 1 amide bonds. The van der Waals surface area contributed by atoms with Gasteiger partial charge in [-0.1, -0.05) is 23.7 Å². The van der Waals surface area contributed by atoms with E-state index in [1.54, 1.807) is 24.3 Å². The number of rotatable bonds is 4. The van der Waals surface area contributed by atoms with Gasteiger partial charge in [0, 0.05) is 0 Å². The van der Waals surface area contributed by atoms with Crippen LogP contribution < -0.4 is 15.5 Å². The van der Waals surface area contributed by atoms with Crippen molar-refractivity contribution in [2.45, 2.75) is 0 Å². The van der Waals surface area contributed by atoms with Crippen LogP contribution in [0.5, 0.6) is 0 Å². The van der Waals surface area contributed by atoms with Gasteiger partial charge in [0.2, 0.25) is 0 Å². The highest BCUT2D eigenvalue weighted by atomic mass is 35.5. The number of morpholine rings is 1. The SMILES string of the molecule is O=C(NC(=S)NCC[NH+]1CCOCC1)c1ccccc1Cl. The fourth-order valence-corrected chi connectivity index (χ4v) is 2.54. The van der Waals surface area contributed by atoms with E-state index in [0.29, 0.717) is 15.7 Å². The zero-order chi connectivity index (χ0) is 15.1. The van der Waals surface area contributed by atoms with E-state index in [0.717, 1.165) is 39.4 Å². The van der Waals surface area contributed by atoms with Gasteiger partial charge in [-0.3, -0.25) is 10.1 Å². The highest BCUT2D eigenvalue weighted by Gasteiger charge is 2.14. The largest absolute Gasteiger partial charge is 0.370 e. The topological polar surface area (TPSA) is 54.8 Å². The first kappa shape index (κ1) is 16.2. The molecule has 1 aromatic carbocycles. The third-order valence-corrected chi connectivity index (χ3v) is 3.89. The Hall–Kier alpha value is -1.21. The summed E-state index contributed by atoms with van der Waals surface area (Å²) in [5.74, 6) is -0.295. The van der Waals surface area contributed by atoms with Crippen molar-refractivity contribution < 1.29 is 14.4 Å². The minimum atomic E-state index is -0.295. The molecule has 0 aliphatic carbocycles. The average Bonchev–Trinajstić information content (AvgIpc) is 2.48. The number of nitrogens with one attached hydrogen (secondary N) is 3. The van der Waals surface area contributed by atoms with Crippen LogP contribution in [0.2, 0.25) is 5.02 Å². The van der Waals surface area contributed by atoms with E-state index in [1.165, 1.54) is 4.90 Å². The van der Waals surface area contributed by atoms with Gasteiger partial charge >= 0.3 is 0 Å². The van der Waals surface area contributed by atoms with E-state index in [2.05, 4.69) is 10.6 Å². The maximum atomic E-state index is 12.0. The van der Waals surface area contributed by atoms with Crippen LogP contribution in [0.3, 0.4) is 0 Å². The smallest absolute Gasteiger partial charge is 0.258 e. The zero-order valence-corrected chi connectivity index (χ0v) is 13.2. The Morgan fingerprint density at radius 1 is 1.33 bits per heavy atom. The summed E-state index contributed by atoms with van der Waals surface area (Å²) in [6.07, 6.45) is 0. The molecule has 5 nitrogen and oxygen atoms in total. The van der Waals surface area contributed by atoms with Crippen molar-refractivity contribution in [2.75, 3.05) is 39.4 Å². The number of carbonyl (C=O) groups is 1. The zero-order valence-electron chi connectivity index (χ0n) is 11.7. The van der Waals surface area contributed by atoms with Gasteiger partial charge in [-0.05, 0) is 24.4 Å². The number of hydrogen-bond acceptors (Lipinski definition) is 3. The molecular formula is C14H19ClN3O2S+. The van der Waals surface area contributed by atoms with Gasteiger partial charge in [0.15, 0.2) is 5.11 Å². The quantitative estimate of drug-likeness (QED) is 0.674. The number of quaternary nitrogens is 1. The summed E-state index contributed by atoms with van der Waals surface area (Å²) in [5.41, 5.74) is 0.419. The normalized spacial score (nSPS) is 15.5. The monoisotopic (exact) mass is 328 g/mol. The Bertz CT molecular complexity index is 507. The molecule has 1 aliphatic rings. The molecule has 1 aliphatic heterocycles. The predicted molar refractivity (Wildman–Crippen MR) is 85.9 cm³/mol. The van der Waals surface area contributed by atoms with Gasteiger partial charge in [0.1, 0.15) is 13.1 Å². The predicted octanol–water partition coefficient (Wildman–Crippen LogP) is -0.141. The summed E-state index contributed by atoms with van der Waals surface area (Å²) < 4.78 is 5.30. The summed E-state index contributed by atoms with van der Waals surface area (Å²) in [7, 11) is 0. The second-order valence-corrected chi connectivity index (χ2v) is 5.62. The van der Waals surface area contributed by atoms with Gasteiger partial charge in [0.05, 0.1) is 36.9 Å². The van der Waals surface area contributed by atoms with Crippen LogP contribution in [0, 0.1) is 0 Å². The summed E-state index contributed by atoms with van der Waals surface area (Å²) in [5, 5.41) is 6.42. The number of carbonyl (C=O) groups excluding carboxylic acids is 1. The molecule has 0 aromatic heterocycles. The Morgan fingerprint density at radius 3 is 2.76 bits per heavy atom. The van der Waals surface area contributed by atoms with Crippen molar-refractivity contribution in [3.8, 4) is 0 Å². The Morgan fingerprint density at radius 2 is 2.05 bits per heavy atom. The molecule has 0 radical (unpaired) electrons. The van der Waals surface area contributed by atoms with Crippen LogP contribution in [-0.2, 0) is 4.74 Å². The fourth-order valence-electron chi connectivity index (χ4n) is 2.12. The van der Waals surface area contributed by atoms with Gasteiger partial charge in [-0.25, -0.2) is 0 Å². The van der Waals surface area contributed by atoms with Crippen molar-refractivity contribution in [1.82, 2.24) is 10.6 Å². The van der Waals surface area contributed by atoms with Crippen molar-refractivity contribution in [3.63, 3.8) is 0 Å². The minimum absolute atomic E-state index is 0.295. The van der Waals surface area contributed by atoms with Crippen LogP contribution in [0.4, 0.5) is 0 Å². The van der Waals surface area contributed by atoms with Gasteiger partial charge in [0.25, 0.3) is 5.91 Å². The Balaban J connectivity index is 1.71. The fraction of sp³-hybridized carbons (Fsp3) is 0.429. The van der Waals surface area contributed by atoms with E-state index in [9.17, 15) is 4.79 Å². The third-order valence-electron chi connectivity index (χ3n) is 3.31. The first-order valence-corrected chi connectivity index (χ1v) is 7.70. The van der Waals surface area contributed by atoms with Gasteiger partial charge < -0.3 is 15.0 Å². The molecule has 0 atom stereocenters. The lowest BCUT2D eigenvalue weighted by atomic mass is 10.2. The number of halogens is 1. The van der Waals surface area contributed by atoms with Crippen LogP contribution in [0.25, 0.3) is 0 Å². The molecule has 0 spiro atoms. The first-order chi connectivity index (χ1) is 10.2. The second kappa shape index (κ2) is 8.29.